The van der Waals surface area contributed by atoms with Crippen molar-refractivity contribution < 1.29 is 4.74 Å². The van der Waals surface area contributed by atoms with E-state index in [1.54, 1.807) is 12.4 Å². The molecular formula is C22H25N3O. The zero-order chi connectivity index (χ0) is 18.1. The number of aryl methyl sites for hydroxylation is 3. The highest BCUT2D eigenvalue weighted by atomic mass is 16.5. The lowest BCUT2D eigenvalue weighted by Gasteiger charge is -2.33. The van der Waals surface area contributed by atoms with E-state index in [4.69, 9.17) is 9.72 Å². The van der Waals surface area contributed by atoms with E-state index in [-0.39, 0.29) is 6.10 Å². The summed E-state index contributed by atoms with van der Waals surface area (Å²) < 4.78 is 6.06. The first kappa shape index (κ1) is 16.8. The molecule has 4 rings (SSSR count). The van der Waals surface area contributed by atoms with Gasteiger partial charge in [-0.15, -0.1) is 0 Å². The quantitative estimate of drug-likeness (QED) is 0.694. The highest BCUT2D eigenvalue weighted by Crippen LogP contribution is 2.28. The number of rotatable bonds is 3. The number of pyridine rings is 2. The van der Waals surface area contributed by atoms with E-state index in [1.807, 2.05) is 12.1 Å². The van der Waals surface area contributed by atoms with Crippen molar-refractivity contribution in [1.82, 2.24) is 9.97 Å². The minimum atomic E-state index is 0.251. The van der Waals surface area contributed by atoms with Gasteiger partial charge in [0.15, 0.2) is 0 Å². The summed E-state index contributed by atoms with van der Waals surface area (Å²) in [6.07, 6.45) is 5.81. The number of piperidine rings is 1. The third-order valence-electron chi connectivity index (χ3n) is 5.40. The minimum absolute atomic E-state index is 0.251. The van der Waals surface area contributed by atoms with E-state index >= 15 is 0 Å². The third-order valence-corrected chi connectivity index (χ3v) is 5.40. The molecule has 0 saturated carbocycles. The van der Waals surface area contributed by atoms with Crippen molar-refractivity contribution >= 4 is 16.7 Å². The molecule has 1 saturated heterocycles. The smallest absolute Gasteiger partial charge is 0.137 e. The average Bonchev–Trinajstić information content (AvgIpc) is 2.66. The molecule has 0 unspecified atom stereocenters. The third kappa shape index (κ3) is 3.24. The van der Waals surface area contributed by atoms with Gasteiger partial charge in [-0.2, -0.15) is 0 Å². The molecule has 2 aromatic heterocycles. The van der Waals surface area contributed by atoms with Crippen molar-refractivity contribution in [1.29, 1.82) is 0 Å². The number of hydrogen-bond acceptors (Lipinski definition) is 4. The standard InChI is InChI=1S/C22H25N3O/c1-15-6-7-20-16(2)13-21(24-22(20)17(15)3)25-11-8-18(9-12-25)26-19-5-4-10-23-14-19/h4-7,10,13-14,18H,8-9,11-12H2,1-3H3. The normalized spacial score (nSPS) is 15.4. The van der Waals surface area contributed by atoms with E-state index in [1.165, 1.54) is 22.1 Å². The Morgan fingerprint density at radius 2 is 1.85 bits per heavy atom. The number of hydrogen-bond donors (Lipinski definition) is 0. The van der Waals surface area contributed by atoms with Gasteiger partial charge in [-0.05, 0) is 55.7 Å². The van der Waals surface area contributed by atoms with Crippen LogP contribution in [0, 0.1) is 20.8 Å². The first-order valence-electron chi connectivity index (χ1n) is 9.31. The molecule has 3 aromatic rings. The van der Waals surface area contributed by atoms with Crippen LogP contribution in [0.15, 0.2) is 42.7 Å². The fraction of sp³-hybridized carbons (Fsp3) is 0.364. The summed E-state index contributed by atoms with van der Waals surface area (Å²) in [6, 6.07) is 10.5. The maximum absolute atomic E-state index is 6.06. The summed E-state index contributed by atoms with van der Waals surface area (Å²) in [5.41, 5.74) is 5.00. The summed E-state index contributed by atoms with van der Waals surface area (Å²) in [7, 11) is 0. The summed E-state index contributed by atoms with van der Waals surface area (Å²) in [5, 5.41) is 1.26. The molecule has 4 nitrogen and oxygen atoms in total. The summed E-state index contributed by atoms with van der Waals surface area (Å²) >= 11 is 0. The van der Waals surface area contributed by atoms with Crippen LogP contribution in [0.1, 0.15) is 29.5 Å². The van der Waals surface area contributed by atoms with Crippen molar-refractivity contribution in [2.75, 3.05) is 18.0 Å². The van der Waals surface area contributed by atoms with Crippen LogP contribution in [-0.2, 0) is 0 Å². The minimum Gasteiger partial charge on any atom is -0.489 e. The van der Waals surface area contributed by atoms with Crippen molar-refractivity contribution in [3.8, 4) is 5.75 Å². The molecule has 0 aliphatic carbocycles. The molecule has 3 heterocycles. The van der Waals surface area contributed by atoms with Gasteiger partial charge in [0.1, 0.15) is 17.7 Å². The first-order chi connectivity index (χ1) is 12.6. The largest absolute Gasteiger partial charge is 0.489 e. The van der Waals surface area contributed by atoms with Gasteiger partial charge in [0, 0.05) is 37.5 Å². The SMILES string of the molecule is Cc1ccc2c(C)cc(N3CCC(Oc4cccnc4)CC3)nc2c1C. The zero-order valence-corrected chi connectivity index (χ0v) is 15.7. The second-order valence-electron chi connectivity index (χ2n) is 7.19. The van der Waals surface area contributed by atoms with E-state index < -0.39 is 0 Å². The molecular weight excluding hydrogens is 322 g/mol. The van der Waals surface area contributed by atoms with Crippen LogP contribution in [-0.4, -0.2) is 29.2 Å². The Kier molecular flexibility index (Phi) is 4.49. The molecule has 26 heavy (non-hydrogen) atoms. The molecule has 1 fully saturated rings. The monoisotopic (exact) mass is 347 g/mol. The highest BCUT2D eigenvalue weighted by molar-refractivity contribution is 5.87. The van der Waals surface area contributed by atoms with Crippen LogP contribution in [0.5, 0.6) is 5.75 Å². The Morgan fingerprint density at radius 3 is 2.58 bits per heavy atom. The predicted octanol–water partition coefficient (Wildman–Crippen LogP) is 4.60. The van der Waals surface area contributed by atoms with Gasteiger partial charge < -0.3 is 9.64 Å². The predicted molar refractivity (Wildman–Crippen MR) is 106 cm³/mol. The second-order valence-corrected chi connectivity index (χ2v) is 7.19. The lowest BCUT2D eigenvalue weighted by Crippen LogP contribution is -2.38. The number of anilines is 1. The van der Waals surface area contributed by atoms with Crippen LogP contribution < -0.4 is 9.64 Å². The first-order valence-corrected chi connectivity index (χ1v) is 9.31. The van der Waals surface area contributed by atoms with Gasteiger partial charge in [0.25, 0.3) is 0 Å². The van der Waals surface area contributed by atoms with Gasteiger partial charge >= 0.3 is 0 Å². The maximum Gasteiger partial charge on any atom is 0.137 e. The lowest BCUT2D eigenvalue weighted by molar-refractivity contribution is 0.170. The Balaban J connectivity index is 1.51. The van der Waals surface area contributed by atoms with E-state index in [0.29, 0.717) is 0 Å². The Bertz CT molecular complexity index is 916. The molecule has 0 spiro atoms. The summed E-state index contributed by atoms with van der Waals surface area (Å²) in [4.78, 5) is 11.5. The van der Waals surface area contributed by atoms with Crippen LogP contribution in [0.2, 0.25) is 0 Å². The summed E-state index contributed by atoms with van der Waals surface area (Å²) in [6.45, 7) is 8.43. The number of benzene rings is 1. The maximum atomic E-state index is 6.06. The van der Waals surface area contributed by atoms with Gasteiger partial charge in [-0.3, -0.25) is 4.98 Å². The highest BCUT2D eigenvalue weighted by Gasteiger charge is 2.22. The van der Waals surface area contributed by atoms with Gasteiger partial charge in [0.2, 0.25) is 0 Å². The van der Waals surface area contributed by atoms with Gasteiger partial charge in [-0.25, -0.2) is 4.98 Å². The number of nitrogens with zero attached hydrogens (tertiary/aromatic N) is 3. The van der Waals surface area contributed by atoms with Crippen LogP contribution in [0.25, 0.3) is 10.9 Å². The molecule has 134 valence electrons. The fourth-order valence-corrected chi connectivity index (χ4v) is 3.66. The van der Waals surface area contributed by atoms with Crippen LogP contribution >= 0.6 is 0 Å². The fourth-order valence-electron chi connectivity index (χ4n) is 3.66. The molecule has 0 amide bonds. The van der Waals surface area contributed by atoms with Crippen molar-refractivity contribution in [2.24, 2.45) is 0 Å². The Morgan fingerprint density at radius 1 is 1.04 bits per heavy atom. The molecule has 0 atom stereocenters. The molecule has 4 heteroatoms. The molecule has 0 radical (unpaired) electrons. The van der Waals surface area contributed by atoms with E-state index in [9.17, 15) is 0 Å². The molecule has 1 aliphatic rings. The van der Waals surface area contributed by atoms with Crippen molar-refractivity contribution in [3.05, 3.63) is 59.4 Å². The molecule has 1 aliphatic heterocycles. The molecule has 1 aromatic carbocycles. The zero-order valence-electron chi connectivity index (χ0n) is 15.7. The van der Waals surface area contributed by atoms with Gasteiger partial charge in [-0.1, -0.05) is 12.1 Å². The average molecular weight is 347 g/mol. The lowest BCUT2D eigenvalue weighted by atomic mass is 10.0. The number of fused-ring (bicyclic) bond motifs is 1. The Hall–Kier alpha value is -2.62. The summed E-state index contributed by atoms with van der Waals surface area (Å²) in [5.74, 6) is 1.94. The van der Waals surface area contributed by atoms with Crippen molar-refractivity contribution in [2.45, 2.75) is 39.7 Å². The molecule has 0 N–H and O–H groups in total. The second kappa shape index (κ2) is 6.94. The topological polar surface area (TPSA) is 38.2 Å². The number of aromatic nitrogens is 2. The van der Waals surface area contributed by atoms with Crippen LogP contribution in [0.4, 0.5) is 5.82 Å². The Labute approximate surface area is 154 Å². The van der Waals surface area contributed by atoms with E-state index in [2.05, 4.69) is 48.9 Å². The van der Waals surface area contributed by atoms with E-state index in [0.717, 1.165) is 43.0 Å². The van der Waals surface area contributed by atoms with Crippen LogP contribution in [0.3, 0.4) is 0 Å². The molecule has 0 bridgehead atoms. The van der Waals surface area contributed by atoms with Gasteiger partial charge in [0.05, 0.1) is 11.7 Å². The number of ether oxygens (including phenoxy) is 1. The van der Waals surface area contributed by atoms with Crippen molar-refractivity contribution in [3.63, 3.8) is 0 Å².